The van der Waals surface area contributed by atoms with Gasteiger partial charge in [0, 0.05) is 32.3 Å². The SMILES string of the molecule is COC1(CCC(C)CO[C@@H]2O[C@H](CO)[C@@H](O)[C@H](O)[C@H]2O)O[C@H]2C[C@H]3[C@@H]4CCC5CC(=O)CC[C@]5(C)[C@H]4CC[C@]3(C)[C@H]2[C@@H]1C. The van der Waals surface area contributed by atoms with Gasteiger partial charge in [0.15, 0.2) is 12.1 Å². The van der Waals surface area contributed by atoms with Crippen LogP contribution in [0.25, 0.3) is 0 Å². The normalized spacial score (nSPS) is 53.6. The van der Waals surface area contributed by atoms with Crippen molar-refractivity contribution in [3.63, 3.8) is 0 Å². The zero-order chi connectivity index (χ0) is 30.9. The molecule has 0 aromatic rings. The second-order valence-corrected chi connectivity index (χ2v) is 15.8. The molecule has 3 unspecified atom stereocenters. The van der Waals surface area contributed by atoms with Gasteiger partial charge in [-0.1, -0.05) is 27.7 Å². The van der Waals surface area contributed by atoms with Crippen LogP contribution in [-0.4, -0.2) is 89.1 Å². The lowest BCUT2D eigenvalue weighted by Gasteiger charge is -2.60. The first-order chi connectivity index (χ1) is 20.4. The molecule has 6 rings (SSSR count). The molecule has 4 aliphatic carbocycles. The predicted octanol–water partition coefficient (Wildman–Crippen LogP) is 3.43. The summed E-state index contributed by atoms with van der Waals surface area (Å²) in [6, 6.07) is 0. The van der Waals surface area contributed by atoms with Crippen molar-refractivity contribution >= 4 is 5.78 Å². The van der Waals surface area contributed by atoms with Gasteiger partial charge in [-0.3, -0.25) is 4.79 Å². The lowest BCUT2D eigenvalue weighted by atomic mass is 9.44. The van der Waals surface area contributed by atoms with Crippen LogP contribution in [-0.2, 0) is 23.7 Å². The molecule has 0 bridgehead atoms. The molecule has 0 aromatic heterocycles. The first-order valence-corrected chi connectivity index (χ1v) is 17.0. The summed E-state index contributed by atoms with van der Waals surface area (Å²) in [5.74, 6) is 3.34. The van der Waals surface area contributed by atoms with Crippen LogP contribution in [0.3, 0.4) is 0 Å². The van der Waals surface area contributed by atoms with E-state index in [1.807, 2.05) is 0 Å². The van der Waals surface area contributed by atoms with Crippen molar-refractivity contribution in [1.82, 2.24) is 0 Å². The number of ether oxygens (including phenoxy) is 4. The number of carbonyl (C=O) groups is 1. The second-order valence-electron chi connectivity index (χ2n) is 15.8. The van der Waals surface area contributed by atoms with Crippen LogP contribution in [0.15, 0.2) is 0 Å². The number of carbonyl (C=O) groups excluding carboxylic acids is 1. The molecule has 4 N–H and O–H groups in total. The van der Waals surface area contributed by atoms with Gasteiger partial charge in [0.1, 0.15) is 30.2 Å². The number of aliphatic hydroxyl groups is 4. The van der Waals surface area contributed by atoms with Crippen molar-refractivity contribution in [3.05, 3.63) is 0 Å². The van der Waals surface area contributed by atoms with E-state index in [1.54, 1.807) is 7.11 Å². The standard InChI is InChI=1S/C34H56O9/c1-18(17-41-31-30(39)29(38)28(37)26(16-35)42-31)8-13-34(40-5)19(2)27-25(43-34)15-24-22-7-6-20-14-21(36)9-11-32(20,3)23(22)10-12-33(24,27)4/h18-20,22-31,35,37-39H,6-17H2,1-5H3/t18?,19-,20?,22+,23-,24-,25-,26+,27-,28+,29-,30+,31+,32-,33-,34?/m0/s1. The minimum atomic E-state index is -1.44. The van der Waals surface area contributed by atoms with Crippen LogP contribution in [0.2, 0.25) is 0 Å². The van der Waals surface area contributed by atoms with Crippen molar-refractivity contribution in [2.75, 3.05) is 20.3 Å². The Morgan fingerprint density at radius 1 is 1.02 bits per heavy atom. The summed E-state index contributed by atoms with van der Waals surface area (Å²) in [7, 11) is 1.77. The molecule has 2 aliphatic heterocycles. The minimum Gasteiger partial charge on any atom is -0.394 e. The van der Waals surface area contributed by atoms with Crippen molar-refractivity contribution in [2.45, 2.75) is 135 Å². The number of Topliss-reactive ketones (excluding diaryl/α,β-unsaturated/α-hetero) is 1. The van der Waals surface area contributed by atoms with Gasteiger partial charge >= 0.3 is 0 Å². The fourth-order valence-electron chi connectivity index (χ4n) is 11.3. The molecule has 16 atom stereocenters. The van der Waals surface area contributed by atoms with Crippen molar-refractivity contribution in [3.8, 4) is 0 Å². The van der Waals surface area contributed by atoms with Gasteiger partial charge in [-0.15, -0.1) is 0 Å². The summed E-state index contributed by atoms with van der Waals surface area (Å²) in [4.78, 5) is 12.3. The third-order valence-electron chi connectivity index (χ3n) is 13.9. The molecule has 0 aromatic carbocycles. The van der Waals surface area contributed by atoms with Crippen LogP contribution in [0, 0.1) is 52.3 Å². The molecule has 0 spiro atoms. The summed E-state index contributed by atoms with van der Waals surface area (Å²) in [5, 5.41) is 39.9. The summed E-state index contributed by atoms with van der Waals surface area (Å²) in [6.07, 6.45) is 4.09. The first kappa shape index (κ1) is 32.3. The zero-order valence-electron chi connectivity index (χ0n) is 26.8. The Morgan fingerprint density at radius 2 is 1.79 bits per heavy atom. The predicted molar refractivity (Wildman–Crippen MR) is 158 cm³/mol. The largest absolute Gasteiger partial charge is 0.394 e. The fraction of sp³-hybridized carbons (Fsp3) is 0.971. The molecule has 9 nitrogen and oxygen atoms in total. The number of aliphatic hydroxyl groups excluding tert-OH is 4. The third-order valence-corrected chi connectivity index (χ3v) is 13.9. The monoisotopic (exact) mass is 608 g/mol. The molecule has 6 aliphatic rings. The molecule has 6 fully saturated rings. The lowest BCUT2D eigenvalue weighted by molar-refractivity contribution is -0.303. The smallest absolute Gasteiger partial charge is 0.186 e. The van der Waals surface area contributed by atoms with Gasteiger partial charge < -0.3 is 39.4 Å². The Bertz CT molecular complexity index is 1020. The van der Waals surface area contributed by atoms with Crippen molar-refractivity contribution in [2.24, 2.45) is 52.3 Å². The van der Waals surface area contributed by atoms with Crippen LogP contribution < -0.4 is 0 Å². The molecule has 2 heterocycles. The summed E-state index contributed by atoms with van der Waals surface area (Å²) in [5.41, 5.74) is 0.545. The average Bonchev–Trinajstić information content (AvgIpc) is 3.44. The van der Waals surface area contributed by atoms with E-state index < -0.39 is 43.1 Å². The summed E-state index contributed by atoms with van der Waals surface area (Å²) >= 11 is 0. The topological polar surface area (TPSA) is 135 Å². The van der Waals surface area contributed by atoms with Gasteiger partial charge in [0.2, 0.25) is 0 Å². The number of ketones is 1. The van der Waals surface area contributed by atoms with Crippen LogP contribution >= 0.6 is 0 Å². The van der Waals surface area contributed by atoms with E-state index in [-0.39, 0.29) is 30.0 Å². The van der Waals surface area contributed by atoms with Crippen LogP contribution in [0.5, 0.6) is 0 Å². The summed E-state index contributed by atoms with van der Waals surface area (Å²) < 4.78 is 24.6. The van der Waals surface area contributed by atoms with Crippen LogP contribution in [0.1, 0.15) is 91.9 Å². The molecular weight excluding hydrogens is 552 g/mol. The van der Waals surface area contributed by atoms with E-state index in [0.29, 0.717) is 29.0 Å². The Hall–Kier alpha value is -0.650. The van der Waals surface area contributed by atoms with Gasteiger partial charge in [-0.05, 0) is 91.3 Å². The van der Waals surface area contributed by atoms with Crippen molar-refractivity contribution in [1.29, 1.82) is 0 Å². The van der Waals surface area contributed by atoms with E-state index in [4.69, 9.17) is 18.9 Å². The van der Waals surface area contributed by atoms with Crippen molar-refractivity contribution < 1.29 is 44.2 Å². The fourth-order valence-corrected chi connectivity index (χ4v) is 11.3. The van der Waals surface area contributed by atoms with Gasteiger partial charge in [-0.2, -0.15) is 0 Å². The average molecular weight is 609 g/mol. The van der Waals surface area contributed by atoms with E-state index in [1.165, 1.54) is 25.7 Å². The first-order valence-electron chi connectivity index (χ1n) is 17.0. The molecule has 246 valence electrons. The number of hydrogen-bond acceptors (Lipinski definition) is 9. The Morgan fingerprint density at radius 3 is 2.51 bits per heavy atom. The number of fused-ring (bicyclic) bond motifs is 7. The molecule has 9 heteroatoms. The number of rotatable bonds is 8. The van der Waals surface area contributed by atoms with E-state index >= 15 is 0 Å². The maximum Gasteiger partial charge on any atom is 0.186 e. The maximum atomic E-state index is 12.3. The molecule has 2 saturated heterocycles. The highest BCUT2D eigenvalue weighted by molar-refractivity contribution is 5.79. The molecular formula is C34H56O9. The maximum absolute atomic E-state index is 12.3. The zero-order valence-corrected chi connectivity index (χ0v) is 26.8. The minimum absolute atomic E-state index is 0.104. The van der Waals surface area contributed by atoms with Gasteiger partial charge in [0.25, 0.3) is 0 Å². The van der Waals surface area contributed by atoms with E-state index in [9.17, 15) is 25.2 Å². The lowest BCUT2D eigenvalue weighted by Crippen LogP contribution is -2.59. The Labute approximate surface area is 257 Å². The van der Waals surface area contributed by atoms with Gasteiger partial charge in [-0.25, -0.2) is 0 Å². The highest BCUT2D eigenvalue weighted by Gasteiger charge is 2.68. The highest BCUT2D eigenvalue weighted by Crippen LogP contribution is 2.71. The number of hydrogen-bond donors (Lipinski definition) is 4. The van der Waals surface area contributed by atoms with Gasteiger partial charge in [0.05, 0.1) is 19.3 Å². The molecule has 43 heavy (non-hydrogen) atoms. The Kier molecular flexibility index (Phi) is 8.91. The third kappa shape index (κ3) is 5.16. The second kappa shape index (κ2) is 11.9. The molecule has 4 saturated carbocycles. The number of methoxy groups -OCH3 is 1. The van der Waals surface area contributed by atoms with E-state index in [0.717, 1.165) is 50.4 Å². The summed E-state index contributed by atoms with van der Waals surface area (Å²) in [6.45, 7) is 9.27. The molecule has 0 amide bonds. The Balaban J connectivity index is 1.08. The van der Waals surface area contributed by atoms with E-state index in [2.05, 4.69) is 27.7 Å². The molecule has 0 radical (unpaired) electrons. The highest BCUT2D eigenvalue weighted by atomic mass is 16.7. The quantitative estimate of drug-likeness (QED) is 0.327. The van der Waals surface area contributed by atoms with Crippen LogP contribution in [0.4, 0.5) is 0 Å².